The van der Waals surface area contributed by atoms with Crippen LogP contribution in [0.25, 0.3) is 0 Å². The zero-order valence-electron chi connectivity index (χ0n) is 12.3. The number of hydrogen-bond acceptors (Lipinski definition) is 2. The second kappa shape index (κ2) is 7.14. The van der Waals surface area contributed by atoms with Gasteiger partial charge in [0.05, 0.1) is 0 Å². The SMILES string of the molecule is CC(NCCN(C)C1CCCC1)c1cccc(F)c1F. The molecular weight excluding hydrogens is 258 g/mol. The Morgan fingerprint density at radius 3 is 2.70 bits per heavy atom. The lowest BCUT2D eigenvalue weighted by atomic mass is 10.1. The van der Waals surface area contributed by atoms with Crippen molar-refractivity contribution in [2.75, 3.05) is 20.1 Å². The summed E-state index contributed by atoms with van der Waals surface area (Å²) in [5.74, 6) is -1.52. The predicted octanol–water partition coefficient (Wildman–Crippen LogP) is 3.49. The molecule has 1 aromatic carbocycles. The molecule has 4 heteroatoms. The van der Waals surface area contributed by atoms with E-state index in [1.54, 1.807) is 12.1 Å². The van der Waals surface area contributed by atoms with Crippen LogP contribution in [0.3, 0.4) is 0 Å². The number of hydrogen-bond donors (Lipinski definition) is 1. The lowest BCUT2D eigenvalue weighted by molar-refractivity contribution is 0.242. The van der Waals surface area contributed by atoms with Crippen molar-refractivity contribution in [1.82, 2.24) is 10.2 Å². The van der Waals surface area contributed by atoms with E-state index in [2.05, 4.69) is 17.3 Å². The van der Waals surface area contributed by atoms with Crippen LogP contribution in [0.1, 0.15) is 44.2 Å². The molecule has 0 saturated heterocycles. The van der Waals surface area contributed by atoms with Crippen LogP contribution < -0.4 is 5.32 Å². The number of rotatable bonds is 6. The first-order valence-corrected chi connectivity index (χ1v) is 7.47. The number of nitrogens with zero attached hydrogens (tertiary/aromatic N) is 1. The Bertz CT molecular complexity index is 430. The molecule has 112 valence electrons. The maximum absolute atomic E-state index is 13.7. The average molecular weight is 282 g/mol. The number of halogens is 2. The van der Waals surface area contributed by atoms with Crippen molar-refractivity contribution in [1.29, 1.82) is 0 Å². The highest BCUT2D eigenvalue weighted by Crippen LogP contribution is 2.22. The van der Waals surface area contributed by atoms with Gasteiger partial charge in [0.1, 0.15) is 0 Å². The Morgan fingerprint density at radius 2 is 2.00 bits per heavy atom. The third-order valence-corrected chi connectivity index (χ3v) is 4.31. The van der Waals surface area contributed by atoms with Gasteiger partial charge < -0.3 is 10.2 Å². The maximum atomic E-state index is 13.7. The fraction of sp³-hybridized carbons (Fsp3) is 0.625. The second-order valence-corrected chi connectivity index (χ2v) is 5.74. The Morgan fingerprint density at radius 1 is 1.30 bits per heavy atom. The topological polar surface area (TPSA) is 15.3 Å². The first-order valence-electron chi connectivity index (χ1n) is 7.47. The summed E-state index contributed by atoms with van der Waals surface area (Å²) in [5, 5.41) is 3.27. The summed E-state index contributed by atoms with van der Waals surface area (Å²) in [6.45, 7) is 3.59. The van der Waals surface area contributed by atoms with Gasteiger partial charge in [-0.15, -0.1) is 0 Å². The molecule has 1 fully saturated rings. The predicted molar refractivity (Wildman–Crippen MR) is 77.7 cm³/mol. The molecule has 1 saturated carbocycles. The summed E-state index contributed by atoms with van der Waals surface area (Å²) in [5.41, 5.74) is 0.397. The number of likely N-dealkylation sites (N-methyl/N-ethyl adjacent to an activating group) is 1. The molecule has 0 radical (unpaired) electrons. The van der Waals surface area contributed by atoms with Gasteiger partial charge in [0.25, 0.3) is 0 Å². The molecule has 1 unspecified atom stereocenters. The molecule has 2 rings (SSSR count). The van der Waals surface area contributed by atoms with Gasteiger partial charge in [-0.3, -0.25) is 0 Å². The Hall–Kier alpha value is -1.00. The first kappa shape index (κ1) is 15.4. The van der Waals surface area contributed by atoms with Crippen LogP contribution in [-0.2, 0) is 0 Å². The van der Waals surface area contributed by atoms with E-state index in [-0.39, 0.29) is 6.04 Å². The van der Waals surface area contributed by atoms with E-state index < -0.39 is 11.6 Å². The molecule has 1 atom stereocenters. The molecule has 0 amide bonds. The van der Waals surface area contributed by atoms with Gasteiger partial charge >= 0.3 is 0 Å². The maximum Gasteiger partial charge on any atom is 0.163 e. The summed E-state index contributed by atoms with van der Waals surface area (Å²) < 4.78 is 26.8. The van der Waals surface area contributed by atoms with Gasteiger partial charge in [-0.1, -0.05) is 25.0 Å². The fourth-order valence-corrected chi connectivity index (χ4v) is 2.95. The van der Waals surface area contributed by atoms with E-state index >= 15 is 0 Å². The Kier molecular flexibility index (Phi) is 5.49. The van der Waals surface area contributed by atoms with Crippen molar-refractivity contribution in [3.8, 4) is 0 Å². The standard InChI is InChI=1S/C16H24F2N2/c1-12(14-8-5-9-15(17)16(14)18)19-10-11-20(2)13-6-3-4-7-13/h5,8-9,12-13,19H,3-4,6-7,10-11H2,1-2H3. The summed E-state index contributed by atoms with van der Waals surface area (Å²) >= 11 is 0. The molecule has 0 aromatic heterocycles. The van der Waals surface area contributed by atoms with Gasteiger partial charge in [0, 0.05) is 30.7 Å². The Balaban J connectivity index is 1.80. The van der Waals surface area contributed by atoms with Crippen molar-refractivity contribution < 1.29 is 8.78 Å². The van der Waals surface area contributed by atoms with Crippen LogP contribution in [0.5, 0.6) is 0 Å². The average Bonchev–Trinajstić information content (AvgIpc) is 2.95. The molecule has 0 spiro atoms. The number of benzene rings is 1. The van der Waals surface area contributed by atoms with Gasteiger partial charge in [0.2, 0.25) is 0 Å². The lowest BCUT2D eigenvalue weighted by Gasteiger charge is -2.25. The summed E-state index contributed by atoms with van der Waals surface area (Å²) in [6, 6.07) is 4.85. The highest BCUT2D eigenvalue weighted by molar-refractivity contribution is 5.21. The fourth-order valence-electron chi connectivity index (χ4n) is 2.95. The van der Waals surface area contributed by atoms with Crippen molar-refractivity contribution >= 4 is 0 Å². The molecule has 1 aliphatic carbocycles. The van der Waals surface area contributed by atoms with Crippen molar-refractivity contribution in [2.24, 2.45) is 0 Å². The molecule has 20 heavy (non-hydrogen) atoms. The van der Waals surface area contributed by atoms with Gasteiger partial charge in [-0.2, -0.15) is 0 Å². The van der Waals surface area contributed by atoms with Crippen LogP contribution in [0.4, 0.5) is 8.78 Å². The monoisotopic (exact) mass is 282 g/mol. The van der Waals surface area contributed by atoms with E-state index in [9.17, 15) is 8.78 Å². The molecular formula is C16H24F2N2. The molecule has 0 bridgehead atoms. The van der Waals surface area contributed by atoms with Crippen LogP contribution in [-0.4, -0.2) is 31.1 Å². The minimum atomic E-state index is -0.778. The summed E-state index contributed by atoms with van der Waals surface area (Å²) in [7, 11) is 2.14. The molecule has 1 aromatic rings. The normalized spacial score (nSPS) is 17.9. The van der Waals surface area contributed by atoms with Crippen molar-refractivity contribution in [2.45, 2.75) is 44.7 Å². The highest BCUT2D eigenvalue weighted by Gasteiger charge is 2.19. The third-order valence-electron chi connectivity index (χ3n) is 4.31. The van der Waals surface area contributed by atoms with E-state index in [1.807, 2.05) is 6.92 Å². The van der Waals surface area contributed by atoms with E-state index in [0.29, 0.717) is 11.6 Å². The lowest BCUT2D eigenvalue weighted by Crippen LogP contribution is -2.36. The smallest absolute Gasteiger partial charge is 0.163 e. The third kappa shape index (κ3) is 3.76. The zero-order valence-corrected chi connectivity index (χ0v) is 12.3. The minimum absolute atomic E-state index is 0.178. The molecule has 1 aliphatic rings. The highest BCUT2D eigenvalue weighted by atomic mass is 19.2. The minimum Gasteiger partial charge on any atom is -0.309 e. The molecule has 2 nitrogen and oxygen atoms in total. The number of nitrogens with one attached hydrogen (secondary N) is 1. The molecule has 0 heterocycles. The van der Waals surface area contributed by atoms with E-state index in [4.69, 9.17) is 0 Å². The van der Waals surface area contributed by atoms with E-state index in [0.717, 1.165) is 19.2 Å². The Labute approximate surface area is 120 Å². The van der Waals surface area contributed by atoms with Crippen molar-refractivity contribution in [3.63, 3.8) is 0 Å². The van der Waals surface area contributed by atoms with Crippen molar-refractivity contribution in [3.05, 3.63) is 35.4 Å². The van der Waals surface area contributed by atoms with Gasteiger partial charge in [-0.05, 0) is 32.9 Å². The first-order chi connectivity index (χ1) is 9.59. The van der Waals surface area contributed by atoms with E-state index in [1.165, 1.54) is 25.7 Å². The molecule has 1 N–H and O–H groups in total. The van der Waals surface area contributed by atoms with Crippen LogP contribution in [0.2, 0.25) is 0 Å². The van der Waals surface area contributed by atoms with Gasteiger partial charge in [-0.25, -0.2) is 8.78 Å². The quantitative estimate of drug-likeness (QED) is 0.859. The zero-order chi connectivity index (χ0) is 14.5. The largest absolute Gasteiger partial charge is 0.309 e. The summed E-state index contributed by atoms with van der Waals surface area (Å²) in [4.78, 5) is 2.37. The van der Waals surface area contributed by atoms with Crippen LogP contribution >= 0.6 is 0 Å². The summed E-state index contributed by atoms with van der Waals surface area (Å²) in [6.07, 6.45) is 5.22. The molecule has 0 aliphatic heterocycles. The van der Waals surface area contributed by atoms with Gasteiger partial charge in [0.15, 0.2) is 11.6 Å². The van der Waals surface area contributed by atoms with Crippen LogP contribution in [0, 0.1) is 11.6 Å². The second-order valence-electron chi connectivity index (χ2n) is 5.74. The van der Waals surface area contributed by atoms with Crippen LogP contribution in [0.15, 0.2) is 18.2 Å².